The van der Waals surface area contributed by atoms with Crippen LogP contribution in [0.15, 0.2) is 30.3 Å². The highest BCUT2D eigenvalue weighted by atomic mass is 16.1. The van der Waals surface area contributed by atoms with E-state index in [4.69, 9.17) is 0 Å². The van der Waals surface area contributed by atoms with Crippen molar-refractivity contribution >= 4 is 5.78 Å². The van der Waals surface area contributed by atoms with Gasteiger partial charge in [-0.05, 0) is 37.2 Å². The Kier molecular flexibility index (Phi) is 2.57. The third kappa shape index (κ3) is 2.03. The number of carbonyl (C=O) groups excluding carboxylic acids is 1. The number of benzene rings is 1. The maximum absolute atomic E-state index is 12.5. The van der Waals surface area contributed by atoms with Gasteiger partial charge in [0.05, 0.1) is 0 Å². The average molecular weight is 228 g/mol. The molecule has 17 heavy (non-hydrogen) atoms. The fraction of sp³-hybridized carbons (Fsp3) is 0.562. The molecule has 0 amide bonds. The second-order valence-corrected chi connectivity index (χ2v) is 6.08. The van der Waals surface area contributed by atoms with Crippen LogP contribution in [0.1, 0.15) is 38.2 Å². The normalized spacial score (nSPS) is 36.2. The first-order valence-electron chi connectivity index (χ1n) is 6.77. The summed E-state index contributed by atoms with van der Waals surface area (Å²) in [5.74, 6) is 1.69. The molecule has 0 N–H and O–H groups in total. The molecule has 3 rings (SSSR count). The molecule has 3 atom stereocenters. The van der Waals surface area contributed by atoms with Crippen LogP contribution in [0.4, 0.5) is 0 Å². The van der Waals surface area contributed by atoms with Crippen LogP contribution in [0.3, 0.4) is 0 Å². The van der Waals surface area contributed by atoms with Crippen molar-refractivity contribution in [3.63, 3.8) is 0 Å². The monoisotopic (exact) mass is 228 g/mol. The second-order valence-electron chi connectivity index (χ2n) is 6.08. The van der Waals surface area contributed by atoms with Crippen molar-refractivity contribution in [2.45, 2.75) is 39.0 Å². The molecule has 0 bridgehead atoms. The summed E-state index contributed by atoms with van der Waals surface area (Å²) in [4.78, 5) is 12.5. The molecule has 1 heteroatoms. The van der Waals surface area contributed by atoms with Gasteiger partial charge in [-0.1, -0.05) is 43.7 Å². The molecule has 0 spiro atoms. The smallest absolute Gasteiger partial charge is 0.142 e. The predicted octanol–water partition coefficient (Wildman–Crippen LogP) is 3.62. The topological polar surface area (TPSA) is 17.1 Å². The van der Waals surface area contributed by atoms with Crippen molar-refractivity contribution in [2.24, 2.45) is 17.3 Å². The van der Waals surface area contributed by atoms with E-state index in [2.05, 4.69) is 31.2 Å². The summed E-state index contributed by atoms with van der Waals surface area (Å²) in [6, 6.07) is 10.5. The van der Waals surface area contributed by atoms with Gasteiger partial charge in [0.25, 0.3) is 0 Å². The zero-order chi connectivity index (χ0) is 11.9. The van der Waals surface area contributed by atoms with Crippen LogP contribution in [0.2, 0.25) is 0 Å². The zero-order valence-corrected chi connectivity index (χ0v) is 10.5. The molecule has 0 radical (unpaired) electrons. The van der Waals surface area contributed by atoms with Crippen LogP contribution >= 0.6 is 0 Å². The van der Waals surface area contributed by atoms with Crippen LogP contribution in [-0.4, -0.2) is 5.78 Å². The Balaban J connectivity index is 1.81. The Hall–Kier alpha value is -1.11. The lowest BCUT2D eigenvalue weighted by Gasteiger charge is -2.27. The maximum atomic E-state index is 12.5. The van der Waals surface area contributed by atoms with E-state index in [-0.39, 0.29) is 5.41 Å². The highest BCUT2D eigenvalue weighted by Crippen LogP contribution is 2.51. The Bertz CT molecular complexity index is 422. The summed E-state index contributed by atoms with van der Waals surface area (Å²) in [6.07, 6.45) is 5.68. The van der Waals surface area contributed by atoms with Gasteiger partial charge in [-0.2, -0.15) is 0 Å². The fourth-order valence-corrected chi connectivity index (χ4v) is 3.43. The first-order chi connectivity index (χ1) is 8.19. The van der Waals surface area contributed by atoms with E-state index in [1.165, 1.54) is 24.8 Å². The number of hydrogen-bond acceptors (Lipinski definition) is 1. The summed E-state index contributed by atoms with van der Waals surface area (Å²) in [7, 11) is 0. The van der Waals surface area contributed by atoms with E-state index < -0.39 is 0 Å². The summed E-state index contributed by atoms with van der Waals surface area (Å²) in [5.41, 5.74) is 1.21. The second kappa shape index (κ2) is 3.97. The van der Waals surface area contributed by atoms with Gasteiger partial charge in [0.15, 0.2) is 0 Å². The van der Waals surface area contributed by atoms with Gasteiger partial charge < -0.3 is 0 Å². The molecule has 1 aromatic rings. The van der Waals surface area contributed by atoms with E-state index in [9.17, 15) is 4.79 Å². The minimum Gasteiger partial charge on any atom is -0.299 e. The molecule has 2 saturated carbocycles. The van der Waals surface area contributed by atoms with Gasteiger partial charge in [0.1, 0.15) is 5.78 Å². The third-order valence-corrected chi connectivity index (χ3v) is 4.59. The minimum atomic E-state index is -0.0999. The highest BCUT2D eigenvalue weighted by Gasteiger charge is 2.51. The molecular weight excluding hydrogens is 208 g/mol. The number of rotatable bonds is 2. The number of Topliss-reactive ketones (excluding diaryl/α,β-unsaturated/α-hetero) is 1. The van der Waals surface area contributed by atoms with Crippen molar-refractivity contribution in [1.82, 2.24) is 0 Å². The number of carbonyl (C=O) groups is 1. The lowest BCUT2D eigenvalue weighted by atomic mass is 9.75. The van der Waals surface area contributed by atoms with Gasteiger partial charge in [0.2, 0.25) is 0 Å². The van der Waals surface area contributed by atoms with E-state index in [1.807, 2.05) is 6.07 Å². The molecule has 0 unspecified atom stereocenters. The van der Waals surface area contributed by atoms with Gasteiger partial charge in [-0.15, -0.1) is 0 Å². The predicted molar refractivity (Wildman–Crippen MR) is 68.7 cm³/mol. The minimum absolute atomic E-state index is 0.0999. The van der Waals surface area contributed by atoms with Gasteiger partial charge in [-0.25, -0.2) is 0 Å². The standard InChI is InChI=1S/C16H20O/c1-16(11-12-6-3-2-4-7-12)9-5-8-13-10-14(13)15(16)17/h2-4,6-7,13-14H,5,8-11H2,1H3/t13-,14+,16-/m0/s1. The molecule has 1 nitrogen and oxygen atoms in total. The lowest BCUT2D eigenvalue weighted by Crippen LogP contribution is -2.31. The number of hydrogen-bond donors (Lipinski definition) is 0. The largest absolute Gasteiger partial charge is 0.299 e. The van der Waals surface area contributed by atoms with Crippen LogP contribution in [0, 0.1) is 17.3 Å². The molecule has 90 valence electrons. The first kappa shape index (κ1) is 11.0. The summed E-state index contributed by atoms with van der Waals surface area (Å²) >= 11 is 0. The molecule has 2 aliphatic rings. The van der Waals surface area contributed by atoms with Crippen LogP contribution < -0.4 is 0 Å². The SMILES string of the molecule is C[C@@]1(Cc2ccccc2)CCC[C@H]2C[C@H]2C1=O. The molecule has 0 heterocycles. The fourth-order valence-electron chi connectivity index (χ4n) is 3.43. The Morgan fingerprint density at radius 3 is 2.82 bits per heavy atom. The summed E-state index contributed by atoms with van der Waals surface area (Å²) in [5, 5.41) is 0. The van der Waals surface area contributed by atoms with Crippen molar-refractivity contribution in [1.29, 1.82) is 0 Å². The van der Waals surface area contributed by atoms with E-state index in [0.29, 0.717) is 11.7 Å². The average Bonchev–Trinajstić information content (AvgIpc) is 3.08. The van der Waals surface area contributed by atoms with Gasteiger partial charge in [-0.3, -0.25) is 4.79 Å². The molecule has 0 aliphatic heterocycles. The summed E-state index contributed by atoms with van der Waals surface area (Å²) < 4.78 is 0. The van der Waals surface area contributed by atoms with Gasteiger partial charge in [0, 0.05) is 11.3 Å². The number of fused-ring (bicyclic) bond motifs is 1. The van der Waals surface area contributed by atoms with Crippen LogP contribution in [-0.2, 0) is 11.2 Å². The van der Waals surface area contributed by atoms with E-state index in [1.54, 1.807) is 0 Å². The van der Waals surface area contributed by atoms with E-state index >= 15 is 0 Å². The summed E-state index contributed by atoms with van der Waals surface area (Å²) in [6.45, 7) is 2.18. The Morgan fingerprint density at radius 2 is 2.06 bits per heavy atom. The molecule has 0 saturated heterocycles. The molecule has 2 aliphatic carbocycles. The molecule has 2 fully saturated rings. The lowest BCUT2D eigenvalue weighted by molar-refractivity contribution is -0.129. The zero-order valence-electron chi connectivity index (χ0n) is 10.5. The first-order valence-corrected chi connectivity index (χ1v) is 6.77. The quantitative estimate of drug-likeness (QED) is 0.755. The highest BCUT2D eigenvalue weighted by molar-refractivity contribution is 5.89. The molecule has 1 aromatic carbocycles. The molecule has 0 aromatic heterocycles. The van der Waals surface area contributed by atoms with E-state index in [0.717, 1.165) is 18.8 Å². The molecular formula is C16H20O. The van der Waals surface area contributed by atoms with Crippen molar-refractivity contribution in [3.8, 4) is 0 Å². The van der Waals surface area contributed by atoms with Gasteiger partial charge >= 0.3 is 0 Å². The Morgan fingerprint density at radius 1 is 1.29 bits per heavy atom. The Labute approximate surface area is 103 Å². The third-order valence-electron chi connectivity index (χ3n) is 4.59. The maximum Gasteiger partial charge on any atom is 0.142 e. The van der Waals surface area contributed by atoms with Crippen LogP contribution in [0.25, 0.3) is 0 Å². The number of ketones is 1. The van der Waals surface area contributed by atoms with Crippen molar-refractivity contribution < 1.29 is 4.79 Å². The van der Waals surface area contributed by atoms with Crippen LogP contribution in [0.5, 0.6) is 0 Å². The van der Waals surface area contributed by atoms with Crippen molar-refractivity contribution in [2.75, 3.05) is 0 Å². The van der Waals surface area contributed by atoms with Crippen molar-refractivity contribution in [3.05, 3.63) is 35.9 Å².